The third-order valence-corrected chi connectivity index (χ3v) is 3.20. The molecular formula is C11H15BrN2O2. The van der Waals surface area contributed by atoms with Gasteiger partial charge < -0.3 is 0 Å². The summed E-state index contributed by atoms with van der Waals surface area (Å²) in [7, 11) is 0. The van der Waals surface area contributed by atoms with Crippen LogP contribution in [0.1, 0.15) is 37.6 Å². The fourth-order valence-electron chi connectivity index (χ4n) is 1.96. The number of nitro groups is 1. The van der Waals surface area contributed by atoms with Crippen LogP contribution in [0.15, 0.2) is 4.60 Å². The Hall–Kier alpha value is -0.970. The van der Waals surface area contributed by atoms with Crippen LogP contribution in [-0.4, -0.2) is 9.91 Å². The summed E-state index contributed by atoms with van der Waals surface area (Å²) in [5, 5.41) is 11.0. The number of halogens is 1. The maximum absolute atomic E-state index is 11.0. The average molecular weight is 287 g/mol. The van der Waals surface area contributed by atoms with E-state index in [4.69, 9.17) is 0 Å². The van der Waals surface area contributed by atoms with E-state index in [2.05, 4.69) is 20.9 Å². The third-order valence-electron chi connectivity index (χ3n) is 2.65. The zero-order valence-electron chi connectivity index (χ0n) is 9.71. The highest BCUT2D eigenvalue weighted by atomic mass is 79.9. The number of aryl methyl sites for hydroxylation is 1. The lowest BCUT2D eigenvalue weighted by atomic mass is 9.99. The third kappa shape index (κ3) is 2.24. The highest BCUT2D eigenvalue weighted by molar-refractivity contribution is 9.10. The molecule has 1 aromatic rings. The Balaban J connectivity index is 3.57. The summed E-state index contributed by atoms with van der Waals surface area (Å²) in [5.41, 5.74) is 2.92. The summed E-state index contributed by atoms with van der Waals surface area (Å²) in [6, 6.07) is 0. The van der Waals surface area contributed by atoms with Crippen molar-refractivity contribution in [2.45, 2.75) is 40.0 Å². The maximum atomic E-state index is 11.0. The van der Waals surface area contributed by atoms with Crippen LogP contribution >= 0.6 is 15.9 Å². The second kappa shape index (κ2) is 5.39. The first-order valence-corrected chi connectivity index (χ1v) is 6.20. The minimum absolute atomic E-state index is 0.122. The number of aromatic nitrogens is 1. The maximum Gasteiger partial charge on any atom is 0.305 e. The molecule has 0 bridgehead atoms. The van der Waals surface area contributed by atoms with Gasteiger partial charge in [-0.3, -0.25) is 10.1 Å². The Bertz CT molecular complexity index is 419. The van der Waals surface area contributed by atoms with Crippen LogP contribution < -0.4 is 0 Å². The smallest absolute Gasteiger partial charge is 0.258 e. The molecular weight excluding hydrogens is 272 g/mol. The Morgan fingerprint density at radius 2 is 1.75 bits per heavy atom. The Morgan fingerprint density at radius 3 is 2.12 bits per heavy atom. The van der Waals surface area contributed by atoms with Crippen molar-refractivity contribution in [3.05, 3.63) is 31.5 Å². The van der Waals surface area contributed by atoms with Gasteiger partial charge in [0.25, 0.3) is 0 Å². The van der Waals surface area contributed by atoms with Gasteiger partial charge in [-0.15, -0.1) is 0 Å². The van der Waals surface area contributed by atoms with Gasteiger partial charge in [-0.05, 0) is 40.8 Å². The summed E-state index contributed by atoms with van der Waals surface area (Å²) in [5.74, 6) is 0. The average Bonchev–Trinajstić information content (AvgIpc) is 2.26. The normalized spacial score (nSPS) is 10.5. The van der Waals surface area contributed by atoms with Gasteiger partial charge in [0.2, 0.25) is 0 Å². The van der Waals surface area contributed by atoms with Gasteiger partial charge in [-0.1, -0.05) is 20.8 Å². The minimum atomic E-state index is -0.353. The first-order chi connectivity index (χ1) is 7.56. The van der Waals surface area contributed by atoms with Gasteiger partial charge in [0.1, 0.15) is 0 Å². The van der Waals surface area contributed by atoms with E-state index in [9.17, 15) is 10.1 Å². The zero-order chi connectivity index (χ0) is 12.3. The van der Waals surface area contributed by atoms with Gasteiger partial charge in [0.15, 0.2) is 4.60 Å². The van der Waals surface area contributed by atoms with Crippen LogP contribution in [0.3, 0.4) is 0 Å². The van der Waals surface area contributed by atoms with Crippen LogP contribution in [0.5, 0.6) is 0 Å². The highest BCUT2D eigenvalue weighted by Crippen LogP contribution is 2.32. The van der Waals surface area contributed by atoms with Crippen molar-refractivity contribution in [2.24, 2.45) is 0 Å². The summed E-state index contributed by atoms with van der Waals surface area (Å²) in [6.07, 6.45) is 2.24. The number of nitrogens with zero attached hydrogens (tertiary/aromatic N) is 2. The molecule has 16 heavy (non-hydrogen) atoms. The minimum Gasteiger partial charge on any atom is -0.258 e. The first kappa shape index (κ1) is 13.1. The summed E-state index contributed by atoms with van der Waals surface area (Å²) in [6.45, 7) is 5.96. The molecule has 0 aromatic carbocycles. The van der Waals surface area contributed by atoms with E-state index in [1.54, 1.807) is 0 Å². The number of pyridine rings is 1. The molecule has 0 aliphatic heterocycles. The number of hydrogen-bond donors (Lipinski definition) is 0. The predicted molar refractivity (Wildman–Crippen MR) is 66.7 cm³/mol. The van der Waals surface area contributed by atoms with E-state index >= 15 is 0 Å². The quantitative estimate of drug-likeness (QED) is 0.484. The van der Waals surface area contributed by atoms with Crippen molar-refractivity contribution in [2.75, 3.05) is 0 Å². The lowest BCUT2D eigenvalue weighted by molar-refractivity contribution is -0.386. The molecule has 0 saturated carbocycles. The summed E-state index contributed by atoms with van der Waals surface area (Å²) >= 11 is 3.19. The predicted octanol–water partition coefficient (Wildman–Crippen LogP) is 3.44. The van der Waals surface area contributed by atoms with E-state index in [0.717, 1.165) is 29.7 Å². The van der Waals surface area contributed by atoms with Crippen LogP contribution in [0, 0.1) is 10.1 Å². The lowest BCUT2D eigenvalue weighted by Crippen LogP contribution is -2.07. The first-order valence-electron chi connectivity index (χ1n) is 5.41. The van der Waals surface area contributed by atoms with Crippen LogP contribution in [0.4, 0.5) is 5.69 Å². The van der Waals surface area contributed by atoms with Crippen LogP contribution in [0.25, 0.3) is 0 Å². The molecule has 88 valence electrons. The van der Waals surface area contributed by atoms with Gasteiger partial charge in [-0.2, -0.15) is 0 Å². The van der Waals surface area contributed by atoms with Crippen molar-refractivity contribution < 1.29 is 4.92 Å². The van der Waals surface area contributed by atoms with Crippen molar-refractivity contribution in [1.82, 2.24) is 4.98 Å². The standard InChI is InChI=1S/C11H15BrN2O2/c1-4-7-8(5-2)10(14(15)16)11(12)13-9(7)6-3/h4-6H2,1-3H3. The molecule has 4 nitrogen and oxygen atoms in total. The molecule has 0 unspecified atom stereocenters. The molecule has 0 N–H and O–H groups in total. The molecule has 0 atom stereocenters. The zero-order valence-corrected chi connectivity index (χ0v) is 11.3. The molecule has 1 heterocycles. The van der Waals surface area contributed by atoms with Crippen molar-refractivity contribution in [1.29, 1.82) is 0 Å². The molecule has 0 fully saturated rings. The fraction of sp³-hybridized carbons (Fsp3) is 0.545. The van der Waals surface area contributed by atoms with Crippen molar-refractivity contribution >= 4 is 21.6 Å². The van der Waals surface area contributed by atoms with Gasteiger partial charge in [0, 0.05) is 11.3 Å². The molecule has 0 radical (unpaired) electrons. The number of hydrogen-bond acceptors (Lipinski definition) is 3. The van der Waals surface area contributed by atoms with E-state index in [0.29, 0.717) is 11.0 Å². The largest absolute Gasteiger partial charge is 0.305 e. The van der Waals surface area contributed by atoms with Crippen LogP contribution in [0.2, 0.25) is 0 Å². The molecule has 5 heteroatoms. The second-order valence-corrected chi connectivity index (χ2v) is 4.22. The van der Waals surface area contributed by atoms with Crippen LogP contribution in [-0.2, 0) is 19.3 Å². The SMILES string of the molecule is CCc1nc(Br)c([N+](=O)[O-])c(CC)c1CC. The Kier molecular flexibility index (Phi) is 4.41. The molecule has 1 aromatic heterocycles. The summed E-state index contributed by atoms with van der Waals surface area (Å²) < 4.78 is 0.350. The number of rotatable bonds is 4. The Morgan fingerprint density at radius 1 is 1.19 bits per heavy atom. The molecule has 0 saturated heterocycles. The summed E-state index contributed by atoms with van der Waals surface area (Å²) in [4.78, 5) is 14.9. The van der Waals surface area contributed by atoms with Crippen molar-refractivity contribution in [3.8, 4) is 0 Å². The van der Waals surface area contributed by atoms with E-state index in [-0.39, 0.29) is 10.6 Å². The molecule has 0 aliphatic rings. The monoisotopic (exact) mass is 286 g/mol. The molecule has 0 aliphatic carbocycles. The van der Waals surface area contributed by atoms with Gasteiger partial charge in [0.05, 0.1) is 4.92 Å². The van der Waals surface area contributed by atoms with E-state index in [1.807, 2.05) is 20.8 Å². The molecule has 0 spiro atoms. The lowest BCUT2D eigenvalue weighted by Gasteiger charge is -2.12. The Labute approximate surface area is 103 Å². The van der Waals surface area contributed by atoms with E-state index in [1.165, 1.54) is 0 Å². The van der Waals surface area contributed by atoms with Crippen molar-refractivity contribution in [3.63, 3.8) is 0 Å². The van der Waals surface area contributed by atoms with E-state index < -0.39 is 0 Å². The molecule has 1 rings (SSSR count). The molecule has 0 amide bonds. The second-order valence-electron chi connectivity index (χ2n) is 3.47. The highest BCUT2D eigenvalue weighted by Gasteiger charge is 2.23. The topological polar surface area (TPSA) is 56.0 Å². The fourth-order valence-corrected chi connectivity index (χ4v) is 2.55. The van der Waals surface area contributed by atoms with Gasteiger partial charge >= 0.3 is 5.69 Å². The van der Waals surface area contributed by atoms with Gasteiger partial charge in [-0.25, -0.2) is 4.98 Å².